The second-order valence-electron chi connectivity index (χ2n) is 6.60. The van der Waals surface area contributed by atoms with Crippen LogP contribution in [0.5, 0.6) is 0 Å². The van der Waals surface area contributed by atoms with Gasteiger partial charge >= 0.3 is 0 Å². The minimum absolute atomic E-state index is 0.138. The van der Waals surface area contributed by atoms with E-state index in [9.17, 15) is 4.79 Å². The van der Waals surface area contributed by atoms with Crippen LogP contribution in [0.3, 0.4) is 0 Å². The summed E-state index contributed by atoms with van der Waals surface area (Å²) in [5.41, 5.74) is 3.25. The second-order valence-corrected chi connectivity index (χ2v) is 6.60. The maximum atomic E-state index is 12.3. The molecule has 2 rings (SSSR count). The lowest BCUT2D eigenvalue weighted by molar-refractivity contribution is -0.904. The monoisotopic (exact) mass is 275 g/mol. The zero-order valence-electron chi connectivity index (χ0n) is 13.1. The van der Waals surface area contributed by atoms with Gasteiger partial charge in [0.05, 0.1) is 13.1 Å². The number of piperidine rings is 1. The first-order valence-electron chi connectivity index (χ1n) is 7.65. The molecule has 1 aromatic rings. The molecule has 1 aliphatic rings. The first-order valence-corrected chi connectivity index (χ1v) is 7.65. The molecule has 0 unspecified atom stereocenters. The van der Waals surface area contributed by atoms with Gasteiger partial charge in [0, 0.05) is 17.5 Å². The maximum absolute atomic E-state index is 12.3. The van der Waals surface area contributed by atoms with Crippen LogP contribution in [0, 0.1) is 25.7 Å². The summed E-state index contributed by atoms with van der Waals surface area (Å²) in [4.78, 5) is 13.7. The molecule has 1 amide bonds. The second kappa shape index (κ2) is 6.40. The SMILES string of the molecule is Cc1cccc(C)c1NC(=O)C[NH+]1C[C@@H](C)C[C@H](C)C1. The third kappa shape index (κ3) is 3.83. The Balaban J connectivity index is 1.95. The van der Waals surface area contributed by atoms with Gasteiger partial charge in [0.15, 0.2) is 6.54 Å². The smallest absolute Gasteiger partial charge is 0.279 e. The molecule has 1 aromatic carbocycles. The lowest BCUT2D eigenvalue weighted by Gasteiger charge is -2.31. The summed E-state index contributed by atoms with van der Waals surface area (Å²) < 4.78 is 0. The van der Waals surface area contributed by atoms with Crippen LogP contribution < -0.4 is 10.2 Å². The first kappa shape index (κ1) is 15.0. The Morgan fingerprint density at radius 1 is 1.20 bits per heavy atom. The Bertz CT molecular complexity index is 454. The number of likely N-dealkylation sites (tertiary alicyclic amines) is 1. The van der Waals surface area contributed by atoms with Crippen molar-refractivity contribution in [2.75, 3.05) is 25.0 Å². The Morgan fingerprint density at radius 2 is 1.75 bits per heavy atom. The summed E-state index contributed by atoms with van der Waals surface area (Å²) in [6.07, 6.45) is 1.29. The van der Waals surface area contributed by atoms with Gasteiger partial charge in [-0.1, -0.05) is 32.0 Å². The standard InChI is InChI=1S/C17H26N2O/c1-12-8-13(2)10-19(9-12)11-16(20)18-17-14(3)6-5-7-15(17)4/h5-7,12-13H,8-11H2,1-4H3,(H,18,20)/p+1/t12-,13-/m0/s1. The molecule has 0 aliphatic carbocycles. The van der Waals surface area contributed by atoms with Crippen molar-refractivity contribution in [1.29, 1.82) is 0 Å². The number of hydrogen-bond acceptors (Lipinski definition) is 1. The molecule has 3 heteroatoms. The highest BCUT2D eigenvalue weighted by Gasteiger charge is 2.26. The molecule has 1 fully saturated rings. The quantitative estimate of drug-likeness (QED) is 0.866. The molecular formula is C17H27N2O+. The number of aryl methyl sites for hydroxylation is 2. The van der Waals surface area contributed by atoms with Crippen LogP contribution in [0.15, 0.2) is 18.2 Å². The molecule has 1 saturated heterocycles. The summed E-state index contributed by atoms with van der Waals surface area (Å²) in [7, 11) is 0. The highest BCUT2D eigenvalue weighted by atomic mass is 16.2. The Hall–Kier alpha value is -1.35. The molecule has 0 spiro atoms. The number of rotatable bonds is 3. The molecule has 0 bridgehead atoms. The normalized spacial score (nSPS) is 26.3. The van der Waals surface area contributed by atoms with E-state index in [4.69, 9.17) is 0 Å². The third-order valence-electron chi connectivity index (χ3n) is 4.24. The van der Waals surface area contributed by atoms with Crippen molar-refractivity contribution in [3.63, 3.8) is 0 Å². The fourth-order valence-corrected chi connectivity index (χ4v) is 3.49. The van der Waals surface area contributed by atoms with Crippen molar-refractivity contribution in [3.8, 4) is 0 Å². The zero-order valence-corrected chi connectivity index (χ0v) is 13.1. The van der Waals surface area contributed by atoms with E-state index in [1.54, 1.807) is 0 Å². The number of anilines is 1. The number of amides is 1. The van der Waals surface area contributed by atoms with Gasteiger partial charge in [-0.15, -0.1) is 0 Å². The van der Waals surface area contributed by atoms with Crippen LogP contribution in [-0.4, -0.2) is 25.5 Å². The maximum Gasteiger partial charge on any atom is 0.279 e. The van der Waals surface area contributed by atoms with Gasteiger partial charge in [-0.05, 0) is 31.4 Å². The minimum atomic E-state index is 0.138. The molecule has 2 N–H and O–H groups in total. The lowest BCUT2D eigenvalue weighted by Crippen LogP contribution is -3.15. The molecule has 110 valence electrons. The van der Waals surface area contributed by atoms with Gasteiger partial charge in [0.25, 0.3) is 5.91 Å². The van der Waals surface area contributed by atoms with Crippen molar-refractivity contribution < 1.29 is 9.69 Å². The molecule has 0 aromatic heterocycles. The predicted molar refractivity (Wildman–Crippen MR) is 83.1 cm³/mol. The molecule has 20 heavy (non-hydrogen) atoms. The van der Waals surface area contributed by atoms with E-state index in [-0.39, 0.29) is 5.91 Å². The molecule has 3 nitrogen and oxygen atoms in total. The van der Waals surface area contributed by atoms with Gasteiger partial charge in [0.1, 0.15) is 0 Å². The van der Waals surface area contributed by atoms with Crippen molar-refractivity contribution in [1.82, 2.24) is 0 Å². The van der Waals surface area contributed by atoms with Crippen LogP contribution in [-0.2, 0) is 4.79 Å². The Labute approximate surface area is 122 Å². The zero-order chi connectivity index (χ0) is 14.7. The average Bonchev–Trinajstić information content (AvgIpc) is 2.32. The lowest BCUT2D eigenvalue weighted by atomic mass is 9.92. The summed E-state index contributed by atoms with van der Waals surface area (Å²) in [5.74, 6) is 1.59. The van der Waals surface area contributed by atoms with Crippen LogP contribution in [0.1, 0.15) is 31.4 Å². The fraction of sp³-hybridized carbons (Fsp3) is 0.588. The number of carbonyl (C=O) groups excluding carboxylic acids is 1. The van der Waals surface area contributed by atoms with Crippen LogP contribution in [0.4, 0.5) is 5.69 Å². The van der Waals surface area contributed by atoms with Gasteiger partial charge in [-0.25, -0.2) is 0 Å². The summed E-state index contributed by atoms with van der Waals surface area (Å²) in [5, 5.41) is 3.10. The summed E-state index contributed by atoms with van der Waals surface area (Å²) in [6, 6.07) is 6.11. The van der Waals surface area contributed by atoms with E-state index >= 15 is 0 Å². The van der Waals surface area contributed by atoms with Crippen LogP contribution >= 0.6 is 0 Å². The predicted octanol–water partition coefficient (Wildman–Crippen LogP) is 1.80. The molecule has 2 atom stereocenters. The highest BCUT2D eigenvalue weighted by Crippen LogP contribution is 2.19. The molecule has 1 heterocycles. The summed E-state index contributed by atoms with van der Waals surface area (Å²) in [6.45, 7) is 11.5. The summed E-state index contributed by atoms with van der Waals surface area (Å²) >= 11 is 0. The topological polar surface area (TPSA) is 33.5 Å². The largest absolute Gasteiger partial charge is 0.327 e. The fourth-order valence-electron chi connectivity index (χ4n) is 3.49. The number of benzene rings is 1. The minimum Gasteiger partial charge on any atom is -0.327 e. The van der Waals surface area contributed by atoms with Crippen molar-refractivity contribution in [2.45, 2.75) is 34.1 Å². The number of para-hydroxylation sites is 1. The van der Waals surface area contributed by atoms with Gasteiger partial charge in [-0.3, -0.25) is 4.79 Å². The van der Waals surface area contributed by atoms with Crippen molar-refractivity contribution in [2.24, 2.45) is 11.8 Å². The van der Waals surface area contributed by atoms with E-state index in [1.807, 2.05) is 32.0 Å². The van der Waals surface area contributed by atoms with E-state index in [0.29, 0.717) is 6.54 Å². The van der Waals surface area contributed by atoms with Gasteiger partial charge < -0.3 is 10.2 Å². The molecule has 1 aliphatic heterocycles. The highest BCUT2D eigenvalue weighted by molar-refractivity contribution is 5.93. The number of carbonyl (C=O) groups is 1. The average molecular weight is 275 g/mol. The third-order valence-corrected chi connectivity index (χ3v) is 4.24. The number of hydrogen-bond donors (Lipinski definition) is 2. The van der Waals surface area contributed by atoms with E-state index in [2.05, 4.69) is 19.2 Å². The molecule has 0 radical (unpaired) electrons. The van der Waals surface area contributed by atoms with Crippen LogP contribution in [0.25, 0.3) is 0 Å². The van der Waals surface area contributed by atoms with E-state index in [1.165, 1.54) is 11.3 Å². The van der Waals surface area contributed by atoms with E-state index < -0.39 is 0 Å². The van der Waals surface area contributed by atoms with Crippen molar-refractivity contribution >= 4 is 11.6 Å². The van der Waals surface area contributed by atoms with Gasteiger partial charge in [0.2, 0.25) is 0 Å². The van der Waals surface area contributed by atoms with Crippen molar-refractivity contribution in [3.05, 3.63) is 29.3 Å². The van der Waals surface area contributed by atoms with Gasteiger partial charge in [-0.2, -0.15) is 0 Å². The first-order chi connectivity index (χ1) is 9.45. The Kier molecular flexibility index (Phi) is 4.81. The molecular weight excluding hydrogens is 248 g/mol. The number of nitrogens with one attached hydrogen (secondary N) is 2. The Morgan fingerprint density at radius 3 is 2.30 bits per heavy atom. The van der Waals surface area contributed by atoms with E-state index in [0.717, 1.165) is 41.7 Å². The molecule has 0 saturated carbocycles. The number of quaternary nitrogens is 1. The van der Waals surface area contributed by atoms with Crippen LogP contribution in [0.2, 0.25) is 0 Å².